The molecule has 0 spiro atoms. The van der Waals surface area contributed by atoms with E-state index in [0.29, 0.717) is 6.04 Å². The van der Waals surface area contributed by atoms with Gasteiger partial charge in [-0.15, -0.1) is 0 Å². The zero-order chi connectivity index (χ0) is 8.53. The van der Waals surface area contributed by atoms with Gasteiger partial charge < -0.3 is 15.2 Å². The Kier molecular flexibility index (Phi) is 7.89. The lowest BCUT2D eigenvalue weighted by Gasteiger charge is -2.11. The summed E-state index contributed by atoms with van der Waals surface area (Å²) in [5, 5.41) is 11.8. The molecule has 11 heavy (non-hydrogen) atoms. The van der Waals surface area contributed by atoms with E-state index < -0.39 is 0 Å². The normalized spacial score (nSPS) is 13.4. The van der Waals surface area contributed by atoms with Gasteiger partial charge in [-0.3, -0.25) is 0 Å². The third kappa shape index (κ3) is 7.78. The summed E-state index contributed by atoms with van der Waals surface area (Å²) < 4.78 is 4.88. The van der Waals surface area contributed by atoms with E-state index in [1.54, 1.807) is 7.11 Å². The van der Waals surface area contributed by atoms with Crippen molar-refractivity contribution in [3.8, 4) is 0 Å². The molecule has 0 bridgehead atoms. The fourth-order valence-corrected chi connectivity index (χ4v) is 0.907. The first-order valence-corrected chi connectivity index (χ1v) is 4.14. The monoisotopic (exact) mass is 161 g/mol. The van der Waals surface area contributed by atoms with Gasteiger partial charge >= 0.3 is 0 Å². The smallest absolute Gasteiger partial charge is 0.0587 e. The highest BCUT2D eigenvalue weighted by Crippen LogP contribution is 1.93. The Balaban J connectivity index is 3.02. The summed E-state index contributed by atoms with van der Waals surface area (Å²) in [7, 11) is 1.69. The molecule has 0 aromatic heterocycles. The Morgan fingerprint density at radius 2 is 2.27 bits per heavy atom. The van der Waals surface area contributed by atoms with E-state index in [2.05, 4.69) is 12.2 Å². The van der Waals surface area contributed by atoms with Gasteiger partial charge in [0.2, 0.25) is 0 Å². The third-order valence-corrected chi connectivity index (χ3v) is 1.59. The van der Waals surface area contributed by atoms with E-state index in [-0.39, 0.29) is 6.61 Å². The van der Waals surface area contributed by atoms with Crippen LogP contribution in [-0.4, -0.2) is 38.0 Å². The Morgan fingerprint density at radius 1 is 1.55 bits per heavy atom. The van der Waals surface area contributed by atoms with Crippen molar-refractivity contribution >= 4 is 0 Å². The van der Waals surface area contributed by atoms with Crippen molar-refractivity contribution < 1.29 is 9.84 Å². The highest BCUT2D eigenvalue weighted by Gasteiger charge is 1.98. The first kappa shape index (κ1) is 10.9. The molecule has 0 rings (SSSR count). The molecule has 2 N–H and O–H groups in total. The Hall–Kier alpha value is -0.120. The van der Waals surface area contributed by atoms with E-state index in [9.17, 15) is 0 Å². The second-order valence-electron chi connectivity index (χ2n) is 2.71. The van der Waals surface area contributed by atoms with Crippen molar-refractivity contribution in [3.05, 3.63) is 0 Å². The molecule has 0 amide bonds. The van der Waals surface area contributed by atoms with Gasteiger partial charge in [-0.2, -0.15) is 0 Å². The molecule has 0 aromatic rings. The number of aliphatic hydroxyl groups excluding tert-OH is 1. The largest absolute Gasteiger partial charge is 0.396 e. The quantitative estimate of drug-likeness (QED) is 0.530. The SMILES string of the molecule is COCCNC(C)CCCO. The van der Waals surface area contributed by atoms with Crippen LogP contribution < -0.4 is 5.32 Å². The molecule has 1 unspecified atom stereocenters. The first-order valence-electron chi connectivity index (χ1n) is 4.14. The standard InChI is InChI=1S/C8H19NO2/c1-8(4-3-6-10)9-5-7-11-2/h8-10H,3-7H2,1-2H3. The number of nitrogens with one attached hydrogen (secondary N) is 1. The van der Waals surface area contributed by atoms with Crippen molar-refractivity contribution in [3.63, 3.8) is 0 Å². The maximum absolute atomic E-state index is 8.53. The predicted molar refractivity (Wildman–Crippen MR) is 45.7 cm³/mol. The lowest BCUT2D eigenvalue weighted by atomic mass is 10.2. The topological polar surface area (TPSA) is 41.5 Å². The summed E-state index contributed by atoms with van der Waals surface area (Å²) >= 11 is 0. The van der Waals surface area contributed by atoms with Crippen LogP contribution in [0.4, 0.5) is 0 Å². The highest BCUT2D eigenvalue weighted by atomic mass is 16.5. The van der Waals surface area contributed by atoms with Crippen molar-refractivity contribution in [1.29, 1.82) is 0 Å². The van der Waals surface area contributed by atoms with Gasteiger partial charge in [-0.25, -0.2) is 0 Å². The average Bonchev–Trinajstić information content (AvgIpc) is 2.01. The summed E-state index contributed by atoms with van der Waals surface area (Å²) in [6.45, 7) is 4.05. The molecular weight excluding hydrogens is 142 g/mol. The zero-order valence-corrected chi connectivity index (χ0v) is 7.47. The molecule has 0 fully saturated rings. The average molecular weight is 161 g/mol. The second-order valence-corrected chi connectivity index (χ2v) is 2.71. The number of methoxy groups -OCH3 is 1. The molecule has 0 heterocycles. The van der Waals surface area contributed by atoms with Gasteiger partial charge in [-0.1, -0.05) is 0 Å². The van der Waals surface area contributed by atoms with Gasteiger partial charge in [0.05, 0.1) is 6.61 Å². The number of ether oxygens (including phenoxy) is 1. The molecule has 3 heteroatoms. The lowest BCUT2D eigenvalue weighted by molar-refractivity contribution is 0.194. The van der Waals surface area contributed by atoms with Gasteiger partial charge in [0.25, 0.3) is 0 Å². The fourth-order valence-electron chi connectivity index (χ4n) is 0.907. The van der Waals surface area contributed by atoms with Crippen molar-refractivity contribution in [2.45, 2.75) is 25.8 Å². The highest BCUT2D eigenvalue weighted by molar-refractivity contribution is 4.59. The van der Waals surface area contributed by atoms with Crippen LogP contribution in [0, 0.1) is 0 Å². The van der Waals surface area contributed by atoms with Crippen LogP contribution >= 0.6 is 0 Å². The summed E-state index contributed by atoms with van der Waals surface area (Å²) in [6, 6.07) is 0.484. The number of rotatable bonds is 7. The third-order valence-electron chi connectivity index (χ3n) is 1.59. The van der Waals surface area contributed by atoms with E-state index in [1.807, 2.05) is 0 Å². The Bertz CT molecular complexity index is 78.5. The lowest BCUT2D eigenvalue weighted by Crippen LogP contribution is -2.29. The molecule has 1 atom stereocenters. The van der Waals surface area contributed by atoms with Crippen molar-refractivity contribution in [1.82, 2.24) is 5.32 Å². The molecule has 0 aliphatic rings. The first-order chi connectivity index (χ1) is 5.31. The molecule has 0 aromatic carbocycles. The second kappa shape index (κ2) is 7.98. The minimum atomic E-state index is 0.288. The van der Waals surface area contributed by atoms with Gasteiger partial charge in [0.1, 0.15) is 0 Å². The van der Waals surface area contributed by atoms with Crippen LogP contribution in [0.2, 0.25) is 0 Å². The van der Waals surface area contributed by atoms with Crippen molar-refractivity contribution in [2.24, 2.45) is 0 Å². The van der Waals surface area contributed by atoms with Crippen molar-refractivity contribution in [2.75, 3.05) is 26.9 Å². The van der Waals surface area contributed by atoms with E-state index in [0.717, 1.165) is 26.0 Å². The molecule has 3 nitrogen and oxygen atoms in total. The summed E-state index contributed by atoms with van der Waals surface area (Å²) in [5.74, 6) is 0. The van der Waals surface area contributed by atoms with Crippen LogP contribution in [-0.2, 0) is 4.74 Å². The summed E-state index contributed by atoms with van der Waals surface area (Å²) in [4.78, 5) is 0. The van der Waals surface area contributed by atoms with Gasteiger partial charge in [0, 0.05) is 26.3 Å². The van der Waals surface area contributed by atoms with E-state index >= 15 is 0 Å². The number of aliphatic hydroxyl groups is 1. The maximum Gasteiger partial charge on any atom is 0.0587 e. The van der Waals surface area contributed by atoms with Gasteiger partial charge in [0.15, 0.2) is 0 Å². The molecular formula is C8H19NO2. The van der Waals surface area contributed by atoms with E-state index in [1.165, 1.54) is 0 Å². The molecule has 0 saturated carbocycles. The Morgan fingerprint density at radius 3 is 2.82 bits per heavy atom. The predicted octanol–water partition coefficient (Wildman–Crippen LogP) is 0.383. The van der Waals surface area contributed by atoms with Gasteiger partial charge in [-0.05, 0) is 19.8 Å². The summed E-state index contributed by atoms with van der Waals surface area (Å²) in [6.07, 6.45) is 1.90. The molecule has 0 aliphatic carbocycles. The maximum atomic E-state index is 8.53. The summed E-state index contributed by atoms with van der Waals surface area (Å²) in [5.41, 5.74) is 0. The zero-order valence-electron chi connectivity index (χ0n) is 7.47. The minimum absolute atomic E-state index is 0.288. The van der Waals surface area contributed by atoms with Crippen LogP contribution in [0.15, 0.2) is 0 Å². The fraction of sp³-hybridized carbons (Fsp3) is 1.00. The van der Waals surface area contributed by atoms with E-state index in [4.69, 9.17) is 9.84 Å². The van der Waals surface area contributed by atoms with Crippen LogP contribution in [0.5, 0.6) is 0 Å². The molecule has 0 aliphatic heterocycles. The molecule has 68 valence electrons. The number of hydrogen-bond donors (Lipinski definition) is 2. The Labute approximate surface area is 68.8 Å². The number of hydrogen-bond acceptors (Lipinski definition) is 3. The molecule has 0 saturated heterocycles. The minimum Gasteiger partial charge on any atom is -0.396 e. The van der Waals surface area contributed by atoms with Crippen LogP contribution in [0.1, 0.15) is 19.8 Å². The van der Waals surface area contributed by atoms with Crippen LogP contribution in [0.25, 0.3) is 0 Å². The molecule has 0 radical (unpaired) electrons. The van der Waals surface area contributed by atoms with Crippen LogP contribution in [0.3, 0.4) is 0 Å².